The number of hydrazine groups is 1. The highest BCUT2D eigenvalue weighted by Crippen LogP contribution is 2.29. The first-order chi connectivity index (χ1) is 12.8. The Kier molecular flexibility index (Phi) is 5.13. The molecule has 1 amide bonds. The molecular weight excluding hydrogens is 328 g/mol. The molecule has 0 radical (unpaired) electrons. The van der Waals surface area contributed by atoms with E-state index in [1.165, 1.54) is 0 Å². The second kappa shape index (κ2) is 7.85. The van der Waals surface area contributed by atoms with Crippen molar-refractivity contribution in [1.82, 2.24) is 20.7 Å². The number of carbonyl (C=O) groups is 1. The van der Waals surface area contributed by atoms with Gasteiger partial charge >= 0.3 is 0 Å². The van der Waals surface area contributed by atoms with E-state index in [2.05, 4.69) is 15.8 Å². The zero-order chi connectivity index (χ0) is 17.8. The topological polar surface area (TPSA) is 66.5 Å². The number of nitrogens with one attached hydrogen (secondary N) is 2. The summed E-state index contributed by atoms with van der Waals surface area (Å²) < 4.78 is 5.80. The van der Waals surface area contributed by atoms with Crippen molar-refractivity contribution in [2.75, 3.05) is 6.61 Å². The zero-order valence-corrected chi connectivity index (χ0v) is 14.7. The molecule has 136 valence electrons. The van der Waals surface area contributed by atoms with Crippen LogP contribution >= 0.6 is 0 Å². The molecule has 2 heterocycles. The molecule has 1 saturated heterocycles. The Morgan fingerprint density at radius 1 is 1.15 bits per heavy atom. The molecule has 1 aromatic heterocycles. The molecule has 6 nitrogen and oxygen atoms in total. The summed E-state index contributed by atoms with van der Waals surface area (Å²) in [5.41, 5.74) is 7.43. The second-order valence-electron chi connectivity index (χ2n) is 6.96. The molecule has 4 rings (SSSR count). The van der Waals surface area contributed by atoms with E-state index >= 15 is 0 Å². The molecule has 2 fully saturated rings. The van der Waals surface area contributed by atoms with Gasteiger partial charge in [0.2, 0.25) is 5.91 Å². The minimum atomic E-state index is -0.211. The van der Waals surface area contributed by atoms with Gasteiger partial charge in [0.15, 0.2) is 0 Å². The number of ether oxygens (including phenoxy) is 1. The highest BCUT2D eigenvalue weighted by Gasteiger charge is 2.38. The Hall–Kier alpha value is -2.44. The van der Waals surface area contributed by atoms with Crippen LogP contribution in [0.3, 0.4) is 0 Å². The van der Waals surface area contributed by atoms with E-state index in [1.54, 1.807) is 6.20 Å². The predicted molar refractivity (Wildman–Crippen MR) is 98.2 cm³/mol. The largest absolute Gasteiger partial charge is 0.492 e. The van der Waals surface area contributed by atoms with Gasteiger partial charge < -0.3 is 9.64 Å². The highest BCUT2D eigenvalue weighted by molar-refractivity contribution is 5.82. The van der Waals surface area contributed by atoms with Crippen molar-refractivity contribution in [2.24, 2.45) is 0 Å². The van der Waals surface area contributed by atoms with Gasteiger partial charge in [0.1, 0.15) is 18.4 Å². The number of nitrogens with zero attached hydrogens (tertiary/aromatic N) is 2. The molecule has 26 heavy (non-hydrogen) atoms. The summed E-state index contributed by atoms with van der Waals surface area (Å²) in [5, 5.41) is 0. The van der Waals surface area contributed by atoms with Gasteiger partial charge in [-0.05, 0) is 43.0 Å². The second-order valence-corrected chi connectivity index (χ2v) is 6.96. The van der Waals surface area contributed by atoms with E-state index in [4.69, 9.17) is 4.74 Å². The summed E-state index contributed by atoms with van der Waals surface area (Å²) in [6, 6.07) is 13.9. The van der Waals surface area contributed by atoms with Crippen LogP contribution in [0.2, 0.25) is 0 Å². The molecule has 1 saturated carbocycles. The average Bonchev–Trinajstić information content (AvgIpc) is 3.42. The van der Waals surface area contributed by atoms with Crippen molar-refractivity contribution in [3.63, 3.8) is 0 Å². The molecule has 2 aliphatic rings. The fourth-order valence-electron chi connectivity index (χ4n) is 3.27. The smallest absolute Gasteiger partial charge is 0.241 e. The predicted octanol–water partition coefficient (Wildman–Crippen LogP) is 1.89. The molecular formula is C20H24N4O2. The van der Waals surface area contributed by atoms with Crippen molar-refractivity contribution in [1.29, 1.82) is 0 Å². The lowest BCUT2D eigenvalue weighted by molar-refractivity contribution is -0.134. The van der Waals surface area contributed by atoms with Crippen molar-refractivity contribution < 1.29 is 9.53 Å². The molecule has 6 heteroatoms. The fourth-order valence-corrected chi connectivity index (χ4v) is 3.27. The Balaban J connectivity index is 1.32. The molecule has 2 N–H and O–H groups in total. The lowest BCUT2D eigenvalue weighted by atomic mass is 10.1. The summed E-state index contributed by atoms with van der Waals surface area (Å²) in [5.74, 6) is 1.01. The van der Waals surface area contributed by atoms with Gasteiger partial charge in [0, 0.05) is 25.0 Å². The summed E-state index contributed by atoms with van der Waals surface area (Å²) >= 11 is 0. The molecule has 2 unspecified atom stereocenters. The SMILES string of the molecule is O=C(C1CC(COc2ccccc2)NN1)N(Cc1cccnc1)C1CC1. The van der Waals surface area contributed by atoms with Crippen LogP contribution in [0.4, 0.5) is 0 Å². The van der Waals surface area contributed by atoms with Gasteiger partial charge in [0.05, 0.1) is 6.04 Å². The number of hydrogen-bond acceptors (Lipinski definition) is 5. The van der Waals surface area contributed by atoms with Crippen LogP contribution < -0.4 is 15.6 Å². The van der Waals surface area contributed by atoms with Crippen molar-refractivity contribution in [2.45, 2.75) is 43.9 Å². The lowest BCUT2D eigenvalue weighted by Gasteiger charge is -2.25. The molecule has 1 aliphatic heterocycles. The molecule has 0 spiro atoms. The maximum absolute atomic E-state index is 13.0. The molecule has 2 aromatic rings. The minimum absolute atomic E-state index is 0.114. The number of aromatic nitrogens is 1. The number of rotatable bonds is 7. The standard InChI is InChI=1S/C20H24N4O2/c25-20(24(17-8-9-17)13-15-5-4-10-21-12-15)19-11-16(22-23-19)14-26-18-6-2-1-3-7-18/h1-7,10,12,16-17,19,22-23H,8-9,11,13-14H2. The number of carbonyl (C=O) groups excluding carboxylic acids is 1. The van der Waals surface area contributed by atoms with Gasteiger partial charge in [-0.3, -0.25) is 15.2 Å². The fraction of sp³-hybridized carbons (Fsp3) is 0.400. The highest BCUT2D eigenvalue weighted by atomic mass is 16.5. The first kappa shape index (κ1) is 17.0. The summed E-state index contributed by atoms with van der Waals surface area (Å²) in [7, 11) is 0. The van der Waals surface area contributed by atoms with E-state index in [0.29, 0.717) is 19.2 Å². The van der Waals surface area contributed by atoms with E-state index in [0.717, 1.165) is 30.6 Å². The third-order valence-corrected chi connectivity index (χ3v) is 4.82. The zero-order valence-electron chi connectivity index (χ0n) is 14.7. The Labute approximate surface area is 153 Å². The minimum Gasteiger partial charge on any atom is -0.492 e. The van der Waals surface area contributed by atoms with Crippen LogP contribution in [0, 0.1) is 0 Å². The van der Waals surface area contributed by atoms with Crippen LogP contribution in [-0.4, -0.2) is 40.5 Å². The van der Waals surface area contributed by atoms with Gasteiger partial charge in [0.25, 0.3) is 0 Å². The van der Waals surface area contributed by atoms with E-state index in [1.807, 2.05) is 53.6 Å². The number of hydrogen-bond donors (Lipinski definition) is 2. The molecule has 2 atom stereocenters. The van der Waals surface area contributed by atoms with Crippen molar-refractivity contribution in [3.05, 3.63) is 60.4 Å². The molecule has 1 aromatic carbocycles. The first-order valence-electron chi connectivity index (χ1n) is 9.18. The van der Waals surface area contributed by atoms with Gasteiger partial charge in [-0.25, -0.2) is 5.43 Å². The number of para-hydroxylation sites is 1. The number of amides is 1. The Morgan fingerprint density at radius 3 is 2.73 bits per heavy atom. The van der Waals surface area contributed by atoms with Crippen LogP contribution in [0.15, 0.2) is 54.9 Å². The van der Waals surface area contributed by atoms with Gasteiger partial charge in [-0.15, -0.1) is 0 Å². The monoisotopic (exact) mass is 352 g/mol. The molecule has 1 aliphatic carbocycles. The van der Waals surface area contributed by atoms with Crippen LogP contribution in [0.5, 0.6) is 5.75 Å². The lowest BCUT2D eigenvalue weighted by Crippen LogP contribution is -2.46. The summed E-state index contributed by atoms with van der Waals surface area (Å²) in [6.07, 6.45) is 6.49. The molecule has 0 bridgehead atoms. The van der Waals surface area contributed by atoms with Crippen LogP contribution in [0.25, 0.3) is 0 Å². The summed E-state index contributed by atoms with van der Waals surface area (Å²) in [6.45, 7) is 1.16. The van der Waals surface area contributed by atoms with Crippen LogP contribution in [0.1, 0.15) is 24.8 Å². The third-order valence-electron chi connectivity index (χ3n) is 4.82. The van der Waals surface area contributed by atoms with Gasteiger partial charge in [-0.2, -0.15) is 0 Å². The third kappa shape index (κ3) is 4.20. The van der Waals surface area contributed by atoms with E-state index in [9.17, 15) is 4.79 Å². The van der Waals surface area contributed by atoms with Crippen molar-refractivity contribution >= 4 is 5.91 Å². The maximum atomic E-state index is 13.0. The number of benzene rings is 1. The number of pyridine rings is 1. The van der Waals surface area contributed by atoms with E-state index in [-0.39, 0.29) is 18.0 Å². The Bertz CT molecular complexity index is 721. The summed E-state index contributed by atoms with van der Waals surface area (Å²) in [4.78, 5) is 19.2. The Morgan fingerprint density at radius 2 is 2.00 bits per heavy atom. The van der Waals surface area contributed by atoms with Crippen molar-refractivity contribution in [3.8, 4) is 5.75 Å². The van der Waals surface area contributed by atoms with Gasteiger partial charge in [-0.1, -0.05) is 24.3 Å². The average molecular weight is 352 g/mol. The first-order valence-corrected chi connectivity index (χ1v) is 9.18. The van der Waals surface area contributed by atoms with Crippen LogP contribution in [-0.2, 0) is 11.3 Å². The quantitative estimate of drug-likeness (QED) is 0.797. The maximum Gasteiger partial charge on any atom is 0.241 e. The normalized spacial score (nSPS) is 22.2. The van der Waals surface area contributed by atoms with E-state index < -0.39 is 0 Å².